The summed E-state index contributed by atoms with van der Waals surface area (Å²) in [4.78, 5) is 27.4. The van der Waals surface area contributed by atoms with Crippen LogP contribution in [0.1, 0.15) is 40.8 Å². The molecule has 2 heterocycles. The van der Waals surface area contributed by atoms with E-state index in [1.54, 1.807) is 7.11 Å². The number of fused-ring (bicyclic) bond motifs is 1. The number of hydrogen-bond donors (Lipinski definition) is 1. The fourth-order valence-electron chi connectivity index (χ4n) is 2.62. The Bertz CT molecular complexity index is 523. The molecule has 1 N–H and O–H groups in total. The number of methoxy groups -OCH3 is 2. The summed E-state index contributed by atoms with van der Waals surface area (Å²) in [5, 5.41) is 9.29. The molecule has 1 aromatic rings. The van der Waals surface area contributed by atoms with Gasteiger partial charge < -0.3 is 19.1 Å². The molecule has 0 aliphatic carbocycles. The van der Waals surface area contributed by atoms with Crippen LogP contribution in [0, 0.1) is 0 Å². The predicted molar refractivity (Wildman–Crippen MR) is 68.8 cm³/mol. The highest BCUT2D eigenvalue weighted by Crippen LogP contribution is 2.32. The van der Waals surface area contributed by atoms with E-state index in [0.717, 1.165) is 6.42 Å². The van der Waals surface area contributed by atoms with Crippen LogP contribution < -0.4 is 0 Å². The van der Waals surface area contributed by atoms with Gasteiger partial charge in [-0.2, -0.15) is 0 Å². The number of carboxylic acid groups (broad SMARTS) is 1. The van der Waals surface area contributed by atoms with E-state index in [-0.39, 0.29) is 5.69 Å². The molecule has 1 aliphatic rings. The van der Waals surface area contributed by atoms with Gasteiger partial charge in [-0.05, 0) is 12.8 Å². The normalized spacial score (nSPS) is 17.6. The highest BCUT2D eigenvalue weighted by atomic mass is 16.5. The van der Waals surface area contributed by atoms with Crippen molar-refractivity contribution in [2.75, 3.05) is 20.8 Å². The number of carbonyl (C=O) groups excluding carboxylic acids is 1. The Balaban J connectivity index is 2.47. The molecule has 0 amide bonds. The molecule has 0 saturated heterocycles. The Morgan fingerprint density at radius 2 is 2.20 bits per heavy atom. The number of hydrogen-bond acceptors (Lipinski definition) is 5. The van der Waals surface area contributed by atoms with Crippen LogP contribution in [0.3, 0.4) is 0 Å². The minimum Gasteiger partial charge on any atom is -0.476 e. The second-order valence-corrected chi connectivity index (χ2v) is 4.68. The number of nitrogens with zero attached hydrogens (tertiary/aromatic N) is 2. The third kappa shape index (κ3) is 2.53. The van der Waals surface area contributed by atoms with E-state index in [2.05, 4.69) is 4.98 Å². The second kappa shape index (κ2) is 6.04. The smallest absolute Gasteiger partial charge is 0.356 e. The van der Waals surface area contributed by atoms with Gasteiger partial charge >= 0.3 is 11.9 Å². The third-order valence-electron chi connectivity index (χ3n) is 3.51. The first-order chi connectivity index (χ1) is 9.60. The lowest BCUT2D eigenvalue weighted by atomic mass is 9.94. The zero-order valence-electron chi connectivity index (χ0n) is 11.6. The topological polar surface area (TPSA) is 90.6 Å². The summed E-state index contributed by atoms with van der Waals surface area (Å²) in [7, 11) is 2.89. The van der Waals surface area contributed by atoms with Crippen LogP contribution in [-0.4, -0.2) is 47.4 Å². The van der Waals surface area contributed by atoms with Gasteiger partial charge in [-0.25, -0.2) is 9.78 Å². The van der Waals surface area contributed by atoms with Gasteiger partial charge in [0, 0.05) is 20.1 Å². The second-order valence-electron chi connectivity index (χ2n) is 4.68. The highest BCUT2D eigenvalue weighted by Gasteiger charge is 2.35. The van der Waals surface area contributed by atoms with Crippen LogP contribution in [0.25, 0.3) is 0 Å². The van der Waals surface area contributed by atoms with Gasteiger partial charge in [0.2, 0.25) is 0 Å². The number of rotatable bonds is 5. The van der Waals surface area contributed by atoms with Crippen molar-refractivity contribution in [3.63, 3.8) is 0 Å². The maximum Gasteiger partial charge on any atom is 0.356 e. The van der Waals surface area contributed by atoms with E-state index >= 15 is 0 Å². The minimum absolute atomic E-state index is 0.0498. The molecule has 7 heteroatoms. The van der Waals surface area contributed by atoms with Crippen molar-refractivity contribution in [3.05, 3.63) is 17.2 Å². The average Bonchev–Trinajstić information content (AvgIpc) is 2.83. The number of aromatic carboxylic acids is 1. The van der Waals surface area contributed by atoms with E-state index in [9.17, 15) is 14.7 Å². The third-order valence-corrected chi connectivity index (χ3v) is 3.51. The summed E-state index contributed by atoms with van der Waals surface area (Å²) in [5.74, 6) is -1.43. The molecule has 1 aromatic heterocycles. The van der Waals surface area contributed by atoms with Crippen molar-refractivity contribution < 1.29 is 24.2 Å². The molecule has 0 aromatic carbocycles. The molecule has 0 spiro atoms. The molecule has 1 unspecified atom stereocenters. The van der Waals surface area contributed by atoms with Gasteiger partial charge in [-0.1, -0.05) is 0 Å². The van der Waals surface area contributed by atoms with Crippen LogP contribution in [-0.2, 0) is 27.2 Å². The fourth-order valence-corrected chi connectivity index (χ4v) is 2.62. The zero-order valence-corrected chi connectivity index (χ0v) is 11.6. The Hall–Kier alpha value is -1.89. The van der Waals surface area contributed by atoms with Gasteiger partial charge in [0.05, 0.1) is 25.3 Å². The Labute approximate surface area is 116 Å². The van der Waals surface area contributed by atoms with Crippen LogP contribution in [0.5, 0.6) is 0 Å². The standard InChI is InChI=1S/C13H18N2O5/c1-19-7-5-9-14-10(12(16)17)11-8(13(18)20-2)4-3-6-15(9)11/h8H,3-7H2,1-2H3,(H,16,17). The zero-order chi connectivity index (χ0) is 14.7. The van der Waals surface area contributed by atoms with Gasteiger partial charge in [-0.15, -0.1) is 0 Å². The molecular formula is C13H18N2O5. The lowest BCUT2D eigenvalue weighted by Crippen LogP contribution is -2.25. The summed E-state index contributed by atoms with van der Waals surface area (Å²) in [6, 6.07) is 0. The van der Waals surface area contributed by atoms with Gasteiger partial charge in [0.15, 0.2) is 5.69 Å². The summed E-state index contributed by atoms with van der Waals surface area (Å²) in [5.41, 5.74) is 0.410. The summed E-state index contributed by atoms with van der Waals surface area (Å²) >= 11 is 0. The molecule has 7 nitrogen and oxygen atoms in total. The van der Waals surface area contributed by atoms with Gasteiger partial charge in [-0.3, -0.25) is 4.79 Å². The SMILES string of the molecule is COCCc1nc(C(=O)O)c2n1CCCC2C(=O)OC. The number of carbonyl (C=O) groups is 2. The number of imidazole rings is 1. The molecule has 0 bridgehead atoms. The maximum absolute atomic E-state index is 11.8. The molecule has 0 fully saturated rings. The first-order valence-electron chi connectivity index (χ1n) is 6.49. The first kappa shape index (κ1) is 14.5. The van der Waals surface area contributed by atoms with Crippen LogP contribution >= 0.6 is 0 Å². The Kier molecular flexibility index (Phi) is 4.39. The summed E-state index contributed by atoms with van der Waals surface area (Å²) in [6.45, 7) is 1.13. The molecule has 20 heavy (non-hydrogen) atoms. The largest absolute Gasteiger partial charge is 0.476 e. The monoisotopic (exact) mass is 282 g/mol. The van der Waals surface area contributed by atoms with Crippen molar-refractivity contribution in [3.8, 4) is 0 Å². The van der Waals surface area contributed by atoms with E-state index in [0.29, 0.717) is 37.5 Å². The van der Waals surface area contributed by atoms with Crippen molar-refractivity contribution in [2.45, 2.75) is 31.7 Å². The molecule has 0 radical (unpaired) electrons. The van der Waals surface area contributed by atoms with Crippen molar-refractivity contribution in [1.29, 1.82) is 0 Å². The average molecular weight is 282 g/mol. The maximum atomic E-state index is 11.8. The van der Waals surface area contributed by atoms with Gasteiger partial charge in [0.25, 0.3) is 0 Å². The van der Waals surface area contributed by atoms with E-state index < -0.39 is 17.9 Å². The van der Waals surface area contributed by atoms with E-state index in [1.807, 2.05) is 4.57 Å². The lowest BCUT2D eigenvalue weighted by molar-refractivity contribution is -0.143. The molecule has 2 rings (SSSR count). The molecular weight excluding hydrogens is 264 g/mol. The summed E-state index contributed by atoms with van der Waals surface area (Å²) < 4.78 is 11.6. The number of ether oxygens (including phenoxy) is 2. The fraction of sp³-hybridized carbons (Fsp3) is 0.615. The summed E-state index contributed by atoms with van der Waals surface area (Å²) in [6.07, 6.45) is 1.90. The minimum atomic E-state index is -1.12. The van der Waals surface area contributed by atoms with Crippen molar-refractivity contribution >= 4 is 11.9 Å². The van der Waals surface area contributed by atoms with Crippen molar-refractivity contribution in [1.82, 2.24) is 9.55 Å². The van der Waals surface area contributed by atoms with E-state index in [1.165, 1.54) is 7.11 Å². The van der Waals surface area contributed by atoms with Crippen LogP contribution in [0.4, 0.5) is 0 Å². The number of esters is 1. The molecule has 110 valence electrons. The first-order valence-corrected chi connectivity index (χ1v) is 6.49. The highest BCUT2D eigenvalue weighted by molar-refractivity contribution is 5.90. The molecule has 1 atom stereocenters. The lowest BCUT2D eigenvalue weighted by Gasteiger charge is -2.23. The Morgan fingerprint density at radius 3 is 2.80 bits per heavy atom. The number of aromatic nitrogens is 2. The van der Waals surface area contributed by atoms with Crippen molar-refractivity contribution in [2.24, 2.45) is 0 Å². The molecule has 0 saturated carbocycles. The van der Waals surface area contributed by atoms with Gasteiger partial charge in [0.1, 0.15) is 5.82 Å². The van der Waals surface area contributed by atoms with Crippen LogP contribution in [0.2, 0.25) is 0 Å². The predicted octanol–water partition coefficient (Wildman–Crippen LogP) is 0.821. The number of carboxylic acids is 1. The van der Waals surface area contributed by atoms with Crippen LogP contribution in [0.15, 0.2) is 0 Å². The molecule has 1 aliphatic heterocycles. The quantitative estimate of drug-likeness (QED) is 0.804. The Morgan fingerprint density at radius 1 is 1.45 bits per heavy atom. The van der Waals surface area contributed by atoms with E-state index in [4.69, 9.17) is 9.47 Å².